The first-order valence-electron chi connectivity index (χ1n) is 5.21. The van der Waals surface area contributed by atoms with E-state index in [-0.39, 0.29) is 5.91 Å². The molecule has 0 aromatic heterocycles. The van der Waals surface area contributed by atoms with Crippen LogP contribution in [-0.4, -0.2) is 60.7 Å². The van der Waals surface area contributed by atoms with Crippen molar-refractivity contribution in [2.45, 2.75) is 19.0 Å². The molecule has 0 aromatic carbocycles. The van der Waals surface area contributed by atoms with Gasteiger partial charge >= 0.3 is 5.97 Å². The Balaban J connectivity index is 4.56. The van der Waals surface area contributed by atoms with Gasteiger partial charge < -0.3 is 20.5 Å². The fourth-order valence-corrected chi connectivity index (χ4v) is 1.76. The number of hydrogen-bond donors (Lipinski definition) is 3. The number of thioether (sulfide) groups is 1. The van der Waals surface area contributed by atoms with Crippen molar-refractivity contribution in [2.75, 3.05) is 25.7 Å². The van der Waals surface area contributed by atoms with Crippen LogP contribution in [0.2, 0.25) is 0 Å². The summed E-state index contributed by atoms with van der Waals surface area (Å²) in [5, 5.41) is 13.7. The zero-order valence-electron chi connectivity index (χ0n) is 10.6. The third kappa shape index (κ3) is 5.87. The molecular formula is C10H18N2O5S. The minimum Gasteiger partial charge on any atom is -0.467 e. The van der Waals surface area contributed by atoms with E-state index >= 15 is 0 Å². The zero-order valence-corrected chi connectivity index (χ0v) is 11.4. The van der Waals surface area contributed by atoms with Crippen molar-refractivity contribution in [1.29, 1.82) is 0 Å². The number of aliphatic hydroxyl groups is 1. The second-order valence-corrected chi connectivity index (χ2v) is 4.39. The molecule has 2 atom stereocenters. The first-order valence-corrected chi connectivity index (χ1v) is 6.60. The average molecular weight is 278 g/mol. The van der Waals surface area contributed by atoms with Gasteiger partial charge in [0.05, 0.1) is 13.7 Å². The van der Waals surface area contributed by atoms with E-state index in [0.29, 0.717) is 5.75 Å². The van der Waals surface area contributed by atoms with Crippen molar-refractivity contribution in [3.8, 4) is 0 Å². The summed E-state index contributed by atoms with van der Waals surface area (Å²) in [6, 6.07) is -1.88. The molecule has 0 aromatic rings. The van der Waals surface area contributed by atoms with Gasteiger partial charge in [-0.05, 0) is 6.26 Å². The molecule has 0 aliphatic heterocycles. The largest absolute Gasteiger partial charge is 0.467 e. The summed E-state index contributed by atoms with van der Waals surface area (Å²) in [5.74, 6) is -1.26. The van der Waals surface area contributed by atoms with Crippen LogP contribution in [0.1, 0.15) is 6.92 Å². The van der Waals surface area contributed by atoms with Gasteiger partial charge in [-0.15, -0.1) is 0 Å². The van der Waals surface area contributed by atoms with Gasteiger partial charge in [-0.3, -0.25) is 9.59 Å². The van der Waals surface area contributed by atoms with Gasteiger partial charge in [0.2, 0.25) is 11.8 Å². The predicted molar refractivity (Wildman–Crippen MR) is 67.0 cm³/mol. The highest BCUT2D eigenvalue weighted by atomic mass is 32.2. The Morgan fingerprint density at radius 1 is 1.28 bits per heavy atom. The summed E-state index contributed by atoms with van der Waals surface area (Å²) in [4.78, 5) is 33.9. The molecule has 0 bridgehead atoms. The van der Waals surface area contributed by atoms with E-state index in [1.165, 1.54) is 18.7 Å². The summed E-state index contributed by atoms with van der Waals surface area (Å²) in [5.41, 5.74) is 0. The van der Waals surface area contributed by atoms with E-state index in [0.717, 1.165) is 7.11 Å². The van der Waals surface area contributed by atoms with Crippen LogP contribution in [0.4, 0.5) is 0 Å². The number of nitrogens with one attached hydrogen (secondary N) is 2. The fraction of sp³-hybridized carbons (Fsp3) is 0.700. The van der Waals surface area contributed by atoms with Gasteiger partial charge in [0.25, 0.3) is 0 Å². The summed E-state index contributed by atoms with van der Waals surface area (Å²) in [6.45, 7) is 0.731. The fourth-order valence-electron chi connectivity index (χ4n) is 1.19. The highest BCUT2D eigenvalue weighted by molar-refractivity contribution is 7.98. The predicted octanol–water partition coefficient (Wildman–Crippen LogP) is -1.50. The number of ether oxygens (including phenoxy) is 1. The smallest absolute Gasteiger partial charge is 0.330 e. The lowest BCUT2D eigenvalue weighted by Crippen LogP contribution is -2.53. The van der Waals surface area contributed by atoms with Crippen LogP contribution in [0.5, 0.6) is 0 Å². The van der Waals surface area contributed by atoms with Crippen molar-refractivity contribution in [3.05, 3.63) is 0 Å². The molecule has 18 heavy (non-hydrogen) atoms. The molecule has 104 valence electrons. The highest BCUT2D eigenvalue weighted by Gasteiger charge is 2.25. The van der Waals surface area contributed by atoms with Crippen LogP contribution in [-0.2, 0) is 19.1 Å². The van der Waals surface area contributed by atoms with E-state index in [1.54, 1.807) is 6.26 Å². The minimum atomic E-state index is -1.12. The Morgan fingerprint density at radius 3 is 2.28 bits per heavy atom. The van der Waals surface area contributed by atoms with Gasteiger partial charge in [-0.1, -0.05) is 0 Å². The first-order chi connectivity index (χ1) is 8.46. The molecule has 0 rings (SSSR count). The molecule has 0 aliphatic rings. The maximum atomic E-state index is 11.8. The van der Waals surface area contributed by atoms with Crippen molar-refractivity contribution >= 4 is 29.5 Å². The molecule has 2 unspecified atom stereocenters. The van der Waals surface area contributed by atoms with Gasteiger partial charge in [-0.2, -0.15) is 11.8 Å². The summed E-state index contributed by atoms with van der Waals surface area (Å²) in [7, 11) is 1.16. The van der Waals surface area contributed by atoms with Gasteiger partial charge in [0.15, 0.2) is 6.04 Å². The zero-order chi connectivity index (χ0) is 14.1. The molecule has 0 spiro atoms. The summed E-state index contributed by atoms with van der Waals surface area (Å²) >= 11 is 1.37. The van der Waals surface area contributed by atoms with E-state index in [4.69, 9.17) is 5.11 Å². The monoisotopic (exact) mass is 278 g/mol. The molecule has 0 saturated heterocycles. The Hall–Kier alpha value is -1.28. The molecule has 8 heteroatoms. The van der Waals surface area contributed by atoms with Gasteiger partial charge in [0.1, 0.15) is 6.04 Å². The Morgan fingerprint density at radius 2 is 1.89 bits per heavy atom. The third-order valence-corrected chi connectivity index (χ3v) is 2.68. The lowest BCUT2D eigenvalue weighted by atomic mass is 10.2. The maximum absolute atomic E-state index is 11.8. The number of rotatable bonds is 7. The number of carbonyl (C=O) groups is 3. The molecular weight excluding hydrogens is 260 g/mol. The highest BCUT2D eigenvalue weighted by Crippen LogP contribution is 1.99. The SMILES string of the molecule is COC(=O)C(CO)NC(=O)C(CSC)NC(C)=O. The van der Waals surface area contributed by atoms with E-state index in [2.05, 4.69) is 15.4 Å². The number of aliphatic hydroxyl groups excluding tert-OH is 1. The standard InChI is InChI=1S/C10H18N2O5S/c1-6(14)11-8(5-18-3)9(15)12-7(4-13)10(16)17-2/h7-8,13H,4-5H2,1-3H3,(H,11,14)(H,12,15). The van der Waals surface area contributed by atoms with Crippen molar-refractivity contribution < 1.29 is 24.2 Å². The van der Waals surface area contributed by atoms with Crippen LogP contribution in [0.15, 0.2) is 0 Å². The summed E-state index contributed by atoms with van der Waals surface area (Å²) in [6.07, 6.45) is 1.78. The van der Waals surface area contributed by atoms with Crippen LogP contribution in [0.3, 0.4) is 0 Å². The molecule has 0 saturated carbocycles. The van der Waals surface area contributed by atoms with E-state index in [9.17, 15) is 14.4 Å². The van der Waals surface area contributed by atoms with E-state index < -0.39 is 30.6 Å². The number of hydrogen-bond acceptors (Lipinski definition) is 6. The van der Waals surface area contributed by atoms with Crippen LogP contribution >= 0.6 is 11.8 Å². The van der Waals surface area contributed by atoms with Gasteiger partial charge in [-0.25, -0.2) is 4.79 Å². The quantitative estimate of drug-likeness (QED) is 0.490. The second-order valence-electron chi connectivity index (χ2n) is 3.48. The molecule has 2 amide bonds. The molecule has 7 nitrogen and oxygen atoms in total. The minimum absolute atomic E-state index is 0.345. The first kappa shape index (κ1) is 16.7. The molecule has 3 N–H and O–H groups in total. The molecule has 0 fully saturated rings. The van der Waals surface area contributed by atoms with Crippen molar-refractivity contribution in [2.24, 2.45) is 0 Å². The van der Waals surface area contributed by atoms with Crippen molar-refractivity contribution in [3.63, 3.8) is 0 Å². The Kier molecular flexibility index (Phi) is 8.14. The second kappa shape index (κ2) is 8.76. The Labute approximate surface area is 110 Å². The number of methoxy groups -OCH3 is 1. The van der Waals surface area contributed by atoms with Crippen molar-refractivity contribution in [1.82, 2.24) is 10.6 Å². The Bertz CT molecular complexity index is 311. The topological polar surface area (TPSA) is 105 Å². The number of esters is 1. The number of carbonyl (C=O) groups excluding carboxylic acids is 3. The normalized spacial score (nSPS) is 13.3. The third-order valence-electron chi connectivity index (χ3n) is 2.01. The molecule has 0 heterocycles. The lowest BCUT2D eigenvalue weighted by molar-refractivity contribution is -0.146. The molecule has 0 aliphatic carbocycles. The number of amides is 2. The molecule has 0 radical (unpaired) electrons. The van der Waals surface area contributed by atoms with E-state index in [1.807, 2.05) is 0 Å². The average Bonchev–Trinajstić information content (AvgIpc) is 2.33. The van der Waals surface area contributed by atoms with Crippen LogP contribution in [0.25, 0.3) is 0 Å². The van der Waals surface area contributed by atoms with Gasteiger partial charge in [0, 0.05) is 12.7 Å². The van der Waals surface area contributed by atoms with Crippen LogP contribution < -0.4 is 10.6 Å². The lowest BCUT2D eigenvalue weighted by Gasteiger charge is -2.20. The van der Waals surface area contributed by atoms with Crippen LogP contribution in [0, 0.1) is 0 Å². The maximum Gasteiger partial charge on any atom is 0.330 e. The summed E-state index contributed by atoms with van der Waals surface area (Å²) < 4.78 is 4.42.